The molecule has 0 saturated carbocycles. The normalized spacial score (nSPS) is 19.2. The molecule has 1 saturated heterocycles. The third kappa shape index (κ3) is 2.13. The summed E-state index contributed by atoms with van der Waals surface area (Å²) in [7, 11) is 0. The van der Waals surface area contributed by atoms with Gasteiger partial charge in [0, 0.05) is 6.42 Å². The number of hydrogen-bond donors (Lipinski definition) is 3. The second-order valence-corrected chi connectivity index (χ2v) is 3.67. The van der Waals surface area contributed by atoms with Gasteiger partial charge in [-0.3, -0.25) is 9.59 Å². The summed E-state index contributed by atoms with van der Waals surface area (Å²) < 4.78 is 0. The van der Waals surface area contributed by atoms with Crippen molar-refractivity contribution in [2.45, 2.75) is 18.9 Å². The number of aromatic hydroxyl groups is 1. The molecule has 0 bridgehead atoms. The minimum absolute atomic E-state index is 0.0140. The lowest BCUT2D eigenvalue weighted by Crippen LogP contribution is -2.37. The Kier molecular flexibility index (Phi) is 2.76. The first-order valence-electron chi connectivity index (χ1n) is 5.05. The van der Waals surface area contributed by atoms with Crippen LogP contribution in [0.15, 0.2) is 24.3 Å². The van der Waals surface area contributed by atoms with E-state index in [9.17, 15) is 14.7 Å². The zero-order chi connectivity index (χ0) is 11.5. The molecule has 0 aliphatic carbocycles. The molecule has 1 fully saturated rings. The SMILES string of the molecule is O=C1CC[C@@H](C(=O)Nc2ccccc2O)N1. The molecule has 1 heterocycles. The van der Waals surface area contributed by atoms with E-state index in [1.54, 1.807) is 18.2 Å². The lowest BCUT2D eigenvalue weighted by Gasteiger charge is -2.11. The van der Waals surface area contributed by atoms with Crippen LogP contribution in [0.4, 0.5) is 5.69 Å². The quantitative estimate of drug-likeness (QED) is 0.639. The summed E-state index contributed by atoms with van der Waals surface area (Å²) in [6.45, 7) is 0. The minimum Gasteiger partial charge on any atom is -0.506 e. The van der Waals surface area contributed by atoms with Gasteiger partial charge in [-0.1, -0.05) is 12.1 Å². The Morgan fingerprint density at radius 1 is 1.44 bits per heavy atom. The monoisotopic (exact) mass is 220 g/mol. The van der Waals surface area contributed by atoms with Gasteiger partial charge in [0.05, 0.1) is 5.69 Å². The molecule has 1 aromatic rings. The van der Waals surface area contributed by atoms with Crippen molar-refractivity contribution in [1.29, 1.82) is 0 Å². The predicted octanol–water partition coefficient (Wildman–Crippen LogP) is 0.609. The zero-order valence-electron chi connectivity index (χ0n) is 8.56. The number of benzene rings is 1. The Bertz CT molecular complexity index is 431. The number of rotatable bonds is 2. The van der Waals surface area contributed by atoms with Gasteiger partial charge in [0.2, 0.25) is 11.8 Å². The fraction of sp³-hybridized carbons (Fsp3) is 0.273. The number of para-hydroxylation sites is 2. The minimum atomic E-state index is -0.493. The average molecular weight is 220 g/mol. The van der Waals surface area contributed by atoms with Gasteiger partial charge < -0.3 is 15.7 Å². The molecule has 16 heavy (non-hydrogen) atoms. The maximum Gasteiger partial charge on any atom is 0.247 e. The van der Waals surface area contributed by atoms with Gasteiger partial charge in [0.25, 0.3) is 0 Å². The van der Waals surface area contributed by atoms with Gasteiger partial charge in [-0.25, -0.2) is 0 Å². The standard InChI is InChI=1S/C11H12N2O3/c14-9-4-2-1-3-7(9)13-11(16)8-5-6-10(15)12-8/h1-4,8,14H,5-6H2,(H,12,15)(H,13,16)/t8-/m0/s1. The van der Waals surface area contributed by atoms with Crippen molar-refractivity contribution >= 4 is 17.5 Å². The lowest BCUT2D eigenvalue weighted by atomic mass is 10.2. The molecule has 84 valence electrons. The summed E-state index contributed by atoms with van der Waals surface area (Å²) in [6, 6.07) is 5.98. The lowest BCUT2D eigenvalue weighted by molar-refractivity contribution is -0.122. The van der Waals surface area contributed by atoms with Gasteiger partial charge in [-0.15, -0.1) is 0 Å². The second-order valence-electron chi connectivity index (χ2n) is 3.67. The average Bonchev–Trinajstić information content (AvgIpc) is 2.68. The zero-order valence-corrected chi connectivity index (χ0v) is 8.56. The van der Waals surface area contributed by atoms with Crippen LogP contribution in [0.25, 0.3) is 0 Å². The van der Waals surface area contributed by atoms with Gasteiger partial charge in [-0.05, 0) is 18.6 Å². The summed E-state index contributed by atoms with van der Waals surface area (Å²) in [5.41, 5.74) is 0.355. The largest absolute Gasteiger partial charge is 0.506 e. The fourth-order valence-corrected chi connectivity index (χ4v) is 1.61. The maximum atomic E-state index is 11.7. The summed E-state index contributed by atoms with van der Waals surface area (Å²) >= 11 is 0. The van der Waals surface area contributed by atoms with Crippen molar-refractivity contribution in [3.63, 3.8) is 0 Å². The van der Waals surface area contributed by atoms with Crippen LogP contribution >= 0.6 is 0 Å². The Hall–Kier alpha value is -2.04. The van der Waals surface area contributed by atoms with Crippen molar-refractivity contribution in [2.75, 3.05) is 5.32 Å². The molecule has 0 spiro atoms. The highest BCUT2D eigenvalue weighted by Gasteiger charge is 2.27. The summed E-state index contributed by atoms with van der Waals surface area (Å²) in [6.07, 6.45) is 0.872. The van der Waals surface area contributed by atoms with Crippen LogP contribution in [0, 0.1) is 0 Å². The molecule has 2 rings (SSSR count). The van der Waals surface area contributed by atoms with Crippen LogP contribution in [-0.2, 0) is 9.59 Å². The number of nitrogens with one attached hydrogen (secondary N) is 2. The Balaban J connectivity index is 2.03. The van der Waals surface area contributed by atoms with Crippen LogP contribution in [-0.4, -0.2) is 23.0 Å². The second kappa shape index (κ2) is 4.22. The van der Waals surface area contributed by atoms with Crippen LogP contribution in [0.1, 0.15) is 12.8 Å². The highest BCUT2D eigenvalue weighted by molar-refractivity contribution is 5.99. The molecule has 1 aliphatic rings. The molecular weight excluding hydrogens is 208 g/mol. The number of hydrogen-bond acceptors (Lipinski definition) is 3. The van der Waals surface area contributed by atoms with E-state index in [2.05, 4.69) is 10.6 Å². The van der Waals surface area contributed by atoms with Crippen molar-refractivity contribution in [2.24, 2.45) is 0 Å². The molecule has 1 atom stereocenters. The van der Waals surface area contributed by atoms with Gasteiger partial charge in [-0.2, -0.15) is 0 Å². The molecule has 2 amide bonds. The molecule has 0 unspecified atom stereocenters. The Morgan fingerprint density at radius 3 is 2.81 bits per heavy atom. The fourth-order valence-electron chi connectivity index (χ4n) is 1.61. The summed E-state index contributed by atoms with van der Waals surface area (Å²) in [4.78, 5) is 22.6. The molecule has 3 N–H and O–H groups in total. The van der Waals surface area contributed by atoms with Gasteiger partial charge in [0.15, 0.2) is 0 Å². The topological polar surface area (TPSA) is 78.4 Å². The molecule has 0 aromatic heterocycles. The van der Waals surface area contributed by atoms with Crippen molar-refractivity contribution in [1.82, 2.24) is 5.32 Å². The summed E-state index contributed by atoms with van der Waals surface area (Å²) in [5.74, 6) is -0.398. The maximum absolute atomic E-state index is 11.7. The molecule has 0 radical (unpaired) electrons. The predicted molar refractivity (Wildman–Crippen MR) is 57.9 cm³/mol. The number of phenols is 1. The number of carbonyl (C=O) groups excluding carboxylic acids is 2. The van der Waals surface area contributed by atoms with E-state index >= 15 is 0 Å². The first-order chi connectivity index (χ1) is 7.66. The number of amides is 2. The van der Waals surface area contributed by atoms with E-state index in [1.165, 1.54) is 6.07 Å². The van der Waals surface area contributed by atoms with Crippen LogP contribution in [0.2, 0.25) is 0 Å². The first-order valence-corrected chi connectivity index (χ1v) is 5.05. The Labute approximate surface area is 92.5 Å². The Morgan fingerprint density at radius 2 is 2.19 bits per heavy atom. The van der Waals surface area contributed by atoms with E-state index in [1.807, 2.05) is 0 Å². The van der Waals surface area contributed by atoms with Crippen molar-refractivity contribution < 1.29 is 14.7 Å². The van der Waals surface area contributed by atoms with E-state index in [0.29, 0.717) is 18.5 Å². The first kappa shape index (κ1) is 10.5. The highest BCUT2D eigenvalue weighted by atomic mass is 16.3. The molecular formula is C11H12N2O3. The van der Waals surface area contributed by atoms with E-state index in [-0.39, 0.29) is 17.6 Å². The summed E-state index contributed by atoms with van der Waals surface area (Å²) in [5, 5.41) is 14.6. The van der Waals surface area contributed by atoms with Crippen molar-refractivity contribution in [3.05, 3.63) is 24.3 Å². The van der Waals surface area contributed by atoms with E-state index < -0.39 is 6.04 Å². The molecule has 1 aromatic carbocycles. The third-order valence-electron chi connectivity index (χ3n) is 2.47. The highest BCUT2D eigenvalue weighted by Crippen LogP contribution is 2.22. The van der Waals surface area contributed by atoms with E-state index in [0.717, 1.165) is 0 Å². The van der Waals surface area contributed by atoms with Gasteiger partial charge in [0.1, 0.15) is 11.8 Å². The molecule has 5 nitrogen and oxygen atoms in total. The smallest absolute Gasteiger partial charge is 0.247 e. The number of phenolic OH excluding ortho intramolecular Hbond substituents is 1. The van der Waals surface area contributed by atoms with Crippen LogP contribution < -0.4 is 10.6 Å². The number of carbonyl (C=O) groups is 2. The van der Waals surface area contributed by atoms with Gasteiger partial charge >= 0.3 is 0 Å². The number of anilines is 1. The van der Waals surface area contributed by atoms with Crippen LogP contribution in [0.5, 0.6) is 5.75 Å². The van der Waals surface area contributed by atoms with Crippen LogP contribution in [0.3, 0.4) is 0 Å². The van der Waals surface area contributed by atoms with Crippen molar-refractivity contribution in [3.8, 4) is 5.75 Å². The third-order valence-corrected chi connectivity index (χ3v) is 2.47. The molecule has 5 heteroatoms. The molecule has 1 aliphatic heterocycles. The van der Waals surface area contributed by atoms with E-state index in [4.69, 9.17) is 0 Å².